The van der Waals surface area contributed by atoms with Crippen molar-refractivity contribution in [3.8, 4) is 17.4 Å². The summed E-state index contributed by atoms with van der Waals surface area (Å²) in [5, 5.41) is 10.9. The second-order valence-corrected chi connectivity index (χ2v) is 4.58. The third-order valence-corrected chi connectivity index (χ3v) is 2.76. The predicted molar refractivity (Wildman–Crippen MR) is 74.2 cm³/mol. The number of nitro benzene ring substituents is 1. The molecule has 2 rings (SSSR count). The number of benzene rings is 1. The first-order valence-electron chi connectivity index (χ1n) is 5.51. The summed E-state index contributed by atoms with van der Waals surface area (Å²) in [4.78, 5) is 18.5. The van der Waals surface area contributed by atoms with Crippen LogP contribution in [0.15, 0.2) is 28.9 Å². The summed E-state index contributed by atoms with van der Waals surface area (Å²) < 4.78 is 11.0. The largest absolute Gasteiger partial charge is 0.490 e. The number of nitro groups is 1. The summed E-state index contributed by atoms with van der Waals surface area (Å²) in [6.07, 6.45) is 0. The number of halogens is 1. The lowest BCUT2D eigenvalue weighted by Crippen LogP contribution is -1.96. The minimum atomic E-state index is -0.535. The average Bonchev–Trinajstić information content (AvgIpc) is 2.37. The van der Waals surface area contributed by atoms with E-state index in [1.807, 2.05) is 0 Å². The summed E-state index contributed by atoms with van der Waals surface area (Å²) in [5.74, 6) is 1.28. The summed E-state index contributed by atoms with van der Waals surface area (Å²) >= 11 is 3.23. The lowest BCUT2D eigenvalue weighted by Gasteiger charge is -2.07. The fraction of sp³-hybridized carbons (Fsp3) is 0.167. The molecule has 0 saturated carbocycles. The molecule has 0 N–H and O–H groups in total. The fourth-order valence-electron chi connectivity index (χ4n) is 1.55. The van der Waals surface area contributed by atoms with Crippen molar-refractivity contribution in [3.05, 3.63) is 44.8 Å². The highest BCUT2D eigenvalue weighted by Crippen LogP contribution is 2.32. The van der Waals surface area contributed by atoms with Gasteiger partial charge in [0.25, 0.3) is 0 Å². The Morgan fingerprint density at radius 2 is 2.05 bits per heavy atom. The Kier molecular flexibility index (Phi) is 4.14. The van der Waals surface area contributed by atoms with Crippen LogP contribution < -0.4 is 9.47 Å². The van der Waals surface area contributed by atoms with Gasteiger partial charge in [-0.2, -0.15) is 4.98 Å². The minimum absolute atomic E-state index is 0.169. The van der Waals surface area contributed by atoms with Crippen molar-refractivity contribution >= 4 is 21.6 Å². The number of methoxy groups -OCH3 is 1. The van der Waals surface area contributed by atoms with Gasteiger partial charge in [-0.15, -0.1) is 0 Å². The van der Waals surface area contributed by atoms with Crippen molar-refractivity contribution < 1.29 is 14.4 Å². The first-order valence-corrected chi connectivity index (χ1v) is 6.30. The molecule has 8 heteroatoms. The molecule has 0 fully saturated rings. The van der Waals surface area contributed by atoms with E-state index in [0.29, 0.717) is 22.1 Å². The highest BCUT2D eigenvalue weighted by atomic mass is 79.9. The molecule has 0 saturated heterocycles. The van der Waals surface area contributed by atoms with Gasteiger partial charge in [-0.3, -0.25) is 10.1 Å². The smallest absolute Gasteiger partial charge is 0.314 e. The lowest BCUT2D eigenvalue weighted by molar-refractivity contribution is -0.385. The maximum absolute atomic E-state index is 10.9. The van der Waals surface area contributed by atoms with Crippen LogP contribution in [0.1, 0.15) is 5.82 Å². The SMILES string of the molecule is COc1ccc(Oc2cc(Br)nc(C)n2)cc1[N+](=O)[O-]. The van der Waals surface area contributed by atoms with E-state index in [1.165, 1.54) is 19.2 Å². The van der Waals surface area contributed by atoms with Crippen LogP contribution in [0, 0.1) is 17.0 Å². The molecule has 0 atom stereocenters. The van der Waals surface area contributed by atoms with Gasteiger partial charge in [-0.25, -0.2) is 4.98 Å². The number of aromatic nitrogens is 2. The van der Waals surface area contributed by atoms with Crippen molar-refractivity contribution in [1.29, 1.82) is 0 Å². The van der Waals surface area contributed by atoms with Gasteiger partial charge >= 0.3 is 5.69 Å². The molecular weight excluding hydrogens is 330 g/mol. The summed E-state index contributed by atoms with van der Waals surface area (Å²) in [5.41, 5.74) is -0.171. The first-order chi connectivity index (χ1) is 9.49. The molecule has 1 aromatic carbocycles. The number of hydrogen-bond acceptors (Lipinski definition) is 6. The van der Waals surface area contributed by atoms with Crippen LogP contribution in [0.2, 0.25) is 0 Å². The van der Waals surface area contributed by atoms with Crippen molar-refractivity contribution in [1.82, 2.24) is 9.97 Å². The van der Waals surface area contributed by atoms with Crippen LogP contribution in [-0.4, -0.2) is 22.0 Å². The highest BCUT2D eigenvalue weighted by molar-refractivity contribution is 9.10. The van der Waals surface area contributed by atoms with Crippen LogP contribution in [0.4, 0.5) is 5.69 Å². The van der Waals surface area contributed by atoms with Gasteiger partial charge in [0.1, 0.15) is 16.2 Å². The quantitative estimate of drug-likeness (QED) is 0.482. The zero-order chi connectivity index (χ0) is 14.7. The van der Waals surface area contributed by atoms with Crippen molar-refractivity contribution in [2.75, 3.05) is 7.11 Å². The second kappa shape index (κ2) is 5.83. The third-order valence-electron chi connectivity index (χ3n) is 2.35. The molecule has 0 aliphatic carbocycles. The summed E-state index contributed by atoms with van der Waals surface area (Å²) in [7, 11) is 1.37. The lowest BCUT2D eigenvalue weighted by atomic mass is 10.3. The van der Waals surface area contributed by atoms with Gasteiger partial charge in [-0.05, 0) is 35.0 Å². The van der Waals surface area contributed by atoms with E-state index in [1.54, 1.807) is 19.1 Å². The molecule has 0 aliphatic heterocycles. The normalized spacial score (nSPS) is 10.2. The van der Waals surface area contributed by atoms with Crippen LogP contribution in [-0.2, 0) is 0 Å². The van der Waals surface area contributed by atoms with Crippen molar-refractivity contribution in [2.24, 2.45) is 0 Å². The maximum Gasteiger partial charge on any atom is 0.314 e. The molecule has 7 nitrogen and oxygen atoms in total. The Bertz CT molecular complexity index is 643. The molecular formula is C12H10BrN3O4. The van der Waals surface area contributed by atoms with Crippen LogP contribution in [0.25, 0.3) is 0 Å². The van der Waals surface area contributed by atoms with E-state index >= 15 is 0 Å². The maximum atomic E-state index is 10.9. The molecule has 104 valence electrons. The van der Waals surface area contributed by atoms with E-state index in [9.17, 15) is 10.1 Å². The molecule has 0 spiro atoms. The highest BCUT2D eigenvalue weighted by Gasteiger charge is 2.16. The van der Waals surface area contributed by atoms with Gasteiger partial charge in [0.05, 0.1) is 18.1 Å². The monoisotopic (exact) mass is 339 g/mol. The van der Waals surface area contributed by atoms with Crippen molar-refractivity contribution in [3.63, 3.8) is 0 Å². The Labute approximate surface area is 122 Å². The fourth-order valence-corrected chi connectivity index (χ4v) is 2.01. The Morgan fingerprint density at radius 3 is 2.65 bits per heavy atom. The minimum Gasteiger partial charge on any atom is -0.490 e. The predicted octanol–water partition coefficient (Wildman–Crippen LogP) is 3.26. The van der Waals surface area contributed by atoms with Crippen LogP contribution in [0.5, 0.6) is 17.4 Å². The molecule has 0 amide bonds. The Balaban J connectivity index is 2.34. The first kappa shape index (κ1) is 14.2. The molecule has 0 aliphatic rings. The van der Waals surface area contributed by atoms with Crippen LogP contribution >= 0.6 is 15.9 Å². The van der Waals surface area contributed by atoms with Gasteiger partial charge in [-0.1, -0.05) is 0 Å². The van der Waals surface area contributed by atoms with E-state index < -0.39 is 4.92 Å². The van der Waals surface area contributed by atoms with Gasteiger partial charge < -0.3 is 9.47 Å². The number of rotatable bonds is 4. The summed E-state index contributed by atoms with van der Waals surface area (Å²) in [6.45, 7) is 1.72. The standard InChI is InChI=1S/C12H10BrN3O4/c1-7-14-11(13)6-12(15-7)20-8-3-4-10(19-2)9(5-8)16(17)18/h3-6H,1-2H3. The number of ether oxygens (including phenoxy) is 2. The number of hydrogen-bond donors (Lipinski definition) is 0. The topological polar surface area (TPSA) is 87.4 Å². The van der Waals surface area contributed by atoms with Gasteiger partial charge in [0.2, 0.25) is 5.88 Å². The molecule has 1 heterocycles. The zero-order valence-electron chi connectivity index (χ0n) is 10.7. The molecule has 0 radical (unpaired) electrons. The van der Waals surface area contributed by atoms with E-state index in [-0.39, 0.29) is 11.4 Å². The second-order valence-electron chi connectivity index (χ2n) is 3.77. The number of aryl methyl sites for hydroxylation is 1. The Morgan fingerprint density at radius 1 is 1.30 bits per heavy atom. The molecule has 20 heavy (non-hydrogen) atoms. The van der Waals surface area contributed by atoms with E-state index in [2.05, 4.69) is 25.9 Å². The van der Waals surface area contributed by atoms with Gasteiger partial charge in [0.15, 0.2) is 5.75 Å². The molecule has 2 aromatic rings. The average molecular weight is 340 g/mol. The van der Waals surface area contributed by atoms with E-state index in [0.717, 1.165) is 0 Å². The summed E-state index contributed by atoms with van der Waals surface area (Å²) in [6, 6.07) is 5.89. The third kappa shape index (κ3) is 3.21. The molecule has 1 aromatic heterocycles. The zero-order valence-corrected chi connectivity index (χ0v) is 12.2. The number of nitrogens with zero attached hydrogens (tertiary/aromatic N) is 3. The van der Waals surface area contributed by atoms with E-state index in [4.69, 9.17) is 9.47 Å². The Hall–Kier alpha value is -2.22. The van der Waals surface area contributed by atoms with Gasteiger partial charge in [0, 0.05) is 6.07 Å². The molecule has 0 bridgehead atoms. The van der Waals surface area contributed by atoms with Crippen LogP contribution in [0.3, 0.4) is 0 Å². The molecule has 0 unspecified atom stereocenters. The van der Waals surface area contributed by atoms with Crippen molar-refractivity contribution in [2.45, 2.75) is 6.92 Å².